The van der Waals surface area contributed by atoms with Crippen molar-refractivity contribution in [3.05, 3.63) is 33.9 Å². The monoisotopic (exact) mass is 253 g/mol. The Balaban J connectivity index is 2.67. The van der Waals surface area contributed by atoms with Gasteiger partial charge in [-0.1, -0.05) is 0 Å². The SMILES string of the molecule is Cc1cc([N+](=O)[O-])ccc1OC(C)CCC(=O)O. The van der Waals surface area contributed by atoms with Crippen molar-refractivity contribution >= 4 is 11.7 Å². The van der Waals surface area contributed by atoms with E-state index in [0.717, 1.165) is 0 Å². The molecule has 0 aromatic heterocycles. The molecule has 6 heteroatoms. The summed E-state index contributed by atoms with van der Waals surface area (Å²) in [6.45, 7) is 3.48. The molecule has 1 rings (SSSR count). The Bertz CT molecular complexity index is 458. The molecule has 0 radical (unpaired) electrons. The predicted molar refractivity (Wildman–Crippen MR) is 64.8 cm³/mol. The topological polar surface area (TPSA) is 89.7 Å². The number of ether oxygens (including phenoxy) is 1. The molecule has 0 spiro atoms. The Kier molecular flexibility index (Phi) is 4.65. The number of nitro groups is 1. The van der Waals surface area contributed by atoms with Crippen molar-refractivity contribution in [1.29, 1.82) is 0 Å². The minimum atomic E-state index is -0.870. The maximum atomic E-state index is 10.6. The summed E-state index contributed by atoms with van der Waals surface area (Å²) in [4.78, 5) is 20.5. The molecule has 0 heterocycles. The fourth-order valence-electron chi connectivity index (χ4n) is 1.48. The van der Waals surface area contributed by atoms with Gasteiger partial charge in [0, 0.05) is 18.6 Å². The van der Waals surface area contributed by atoms with Crippen molar-refractivity contribution in [2.24, 2.45) is 0 Å². The molecule has 0 saturated carbocycles. The molecule has 1 aromatic rings. The largest absolute Gasteiger partial charge is 0.490 e. The van der Waals surface area contributed by atoms with E-state index in [9.17, 15) is 14.9 Å². The average Bonchev–Trinajstić information content (AvgIpc) is 2.29. The van der Waals surface area contributed by atoms with E-state index < -0.39 is 10.9 Å². The van der Waals surface area contributed by atoms with Crippen LogP contribution in [0.3, 0.4) is 0 Å². The van der Waals surface area contributed by atoms with E-state index in [1.54, 1.807) is 13.8 Å². The summed E-state index contributed by atoms with van der Waals surface area (Å²) in [6, 6.07) is 4.33. The first-order valence-electron chi connectivity index (χ1n) is 5.53. The number of nitro benzene ring substituents is 1. The Labute approximate surface area is 104 Å². The van der Waals surface area contributed by atoms with Gasteiger partial charge in [0.05, 0.1) is 11.0 Å². The molecule has 0 aliphatic rings. The fraction of sp³-hybridized carbons (Fsp3) is 0.417. The van der Waals surface area contributed by atoms with Gasteiger partial charge in [-0.25, -0.2) is 0 Å². The van der Waals surface area contributed by atoms with Gasteiger partial charge in [-0.15, -0.1) is 0 Å². The summed E-state index contributed by atoms with van der Waals surface area (Å²) in [6.07, 6.45) is 0.181. The predicted octanol–water partition coefficient (Wildman–Crippen LogP) is 2.54. The van der Waals surface area contributed by atoms with Crippen LogP contribution >= 0.6 is 0 Å². The normalized spacial score (nSPS) is 11.9. The molecule has 0 fully saturated rings. The number of aliphatic carboxylic acids is 1. The number of hydrogen-bond acceptors (Lipinski definition) is 4. The van der Waals surface area contributed by atoms with Crippen LogP contribution in [0.15, 0.2) is 18.2 Å². The van der Waals surface area contributed by atoms with E-state index in [2.05, 4.69) is 0 Å². The lowest BCUT2D eigenvalue weighted by Gasteiger charge is -2.15. The van der Waals surface area contributed by atoms with E-state index in [0.29, 0.717) is 17.7 Å². The molecular formula is C12H15NO5. The second kappa shape index (κ2) is 6.00. The van der Waals surface area contributed by atoms with Crippen LogP contribution in [0.5, 0.6) is 5.75 Å². The zero-order valence-corrected chi connectivity index (χ0v) is 10.3. The lowest BCUT2D eigenvalue weighted by atomic mass is 10.2. The Morgan fingerprint density at radius 1 is 1.56 bits per heavy atom. The highest BCUT2D eigenvalue weighted by Gasteiger charge is 2.12. The van der Waals surface area contributed by atoms with Crippen LogP contribution in [0.1, 0.15) is 25.3 Å². The van der Waals surface area contributed by atoms with Gasteiger partial charge in [-0.05, 0) is 31.9 Å². The highest BCUT2D eigenvalue weighted by atomic mass is 16.6. The van der Waals surface area contributed by atoms with Crippen molar-refractivity contribution in [1.82, 2.24) is 0 Å². The third-order valence-corrected chi connectivity index (χ3v) is 2.46. The molecule has 0 bridgehead atoms. The van der Waals surface area contributed by atoms with Gasteiger partial charge in [0.15, 0.2) is 0 Å². The van der Waals surface area contributed by atoms with E-state index in [1.807, 2.05) is 0 Å². The Morgan fingerprint density at radius 3 is 2.72 bits per heavy atom. The zero-order valence-electron chi connectivity index (χ0n) is 10.3. The van der Waals surface area contributed by atoms with E-state index in [-0.39, 0.29) is 18.2 Å². The van der Waals surface area contributed by atoms with Crippen LogP contribution in [-0.2, 0) is 4.79 Å². The minimum Gasteiger partial charge on any atom is -0.490 e. The first-order chi connectivity index (χ1) is 8.40. The van der Waals surface area contributed by atoms with E-state index in [1.165, 1.54) is 18.2 Å². The second-order valence-corrected chi connectivity index (χ2v) is 4.07. The molecule has 0 aliphatic carbocycles. The van der Waals surface area contributed by atoms with Crippen LogP contribution in [0, 0.1) is 17.0 Å². The Hall–Kier alpha value is -2.11. The number of rotatable bonds is 6. The van der Waals surface area contributed by atoms with Crippen LogP contribution < -0.4 is 4.74 Å². The van der Waals surface area contributed by atoms with Gasteiger partial charge < -0.3 is 9.84 Å². The van der Waals surface area contributed by atoms with Crippen molar-refractivity contribution in [3.8, 4) is 5.75 Å². The van der Waals surface area contributed by atoms with Gasteiger partial charge in [-0.3, -0.25) is 14.9 Å². The van der Waals surface area contributed by atoms with E-state index in [4.69, 9.17) is 9.84 Å². The second-order valence-electron chi connectivity index (χ2n) is 4.07. The van der Waals surface area contributed by atoms with Crippen LogP contribution in [0.4, 0.5) is 5.69 Å². The third-order valence-electron chi connectivity index (χ3n) is 2.46. The highest BCUT2D eigenvalue weighted by Crippen LogP contribution is 2.24. The molecule has 1 aromatic carbocycles. The first kappa shape index (κ1) is 14.0. The molecule has 0 amide bonds. The number of carboxylic acid groups (broad SMARTS) is 1. The molecule has 1 unspecified atom stereocenters. The molecule has 18 heavy (non-hydrogen) atoms. The molecule has 1 atom stereocenters. The van der Waals surface area contributed by atoms with Crippen LogP contribution in [0.25, 0.3) is 0 Å². The van der Waals surface area contributed by atoms with Gasteiger partial charge in [0.1, 0.15) is 5.75 Å². The summed E-state index contributed by atoms with van der Waals surface area (Å²) in [7, 11) is 0. The molecule has 0 saturated heterocycles. The zero-order chi connectivity index (χ0) is 13.7. The lowest BCUT2D eigenvalue weighted by Crippen LogP contribution is -2.14. The number of non-ortho nitro benzene ring substituents is 1. The summed E-state index contributed by atoms with van der Waals surface area (Å²) < 4.78 is 5.54. The van der Waals surface area contributed by atoms with Gasteiger partial charge in [-0.2, -0.15) is 0 Å². The summed E-state index contributed by atoms with van der Waals surface area (Å²) in [5.74, 6) is -0.329. The molecule has 98 valence electrons. The van der Waals surface area contributed by atoms with Crippen molar-refractivity contribution < 1.29 is 19.6 Å². The van der Waals surface area contributed by atoms with E-state index >= 15 is 0 Å². The summed E-state index contributed by atoms with van der Waals surface area (Å²) in [5.41, 5.74) is 0.671. The van der Waals surface area contributed by atoms with Crippen LogP contribution in [0.2, 0.25) is 0 Å². The number of hydrogen-bond donors (Lipinski definition) is 1. The molecule has 0 aliphatic heterocycles. The number of carbonyl (C=O) groups is 1. The van der Waals surface area contributed by atoms with Crippen LogP contribution in [-0.4, -0.2) is 22.1 Å². The highest BCUT2D eigenvalue weighted by molar-refractivity contribution is 5.66. The number of carboxylic acids is 1. The maximum absolute atomic E-state index is 10.6. The average molecular weight is 253 g/mol. The maximum Gasteiger partial charge on any atom is 0.303 e. The molecule has 1 N–H and O–H groups in total. The standard InChI is InChI=1S/C12H15NO5/c1-8-7-10(13(16)17)4-5-11(8)18-9(2)3-6-12(14)15/h4-5,7,9H,3,6H2,1-2H3,(H,14,15). The molecular weight excluding hydrogens is 238 g/mol. The van der Waals surface area contributed by atoms with Gasteiger partial charge in [0.25, 0.3) is 5.69 Å². The van der Waals surface area contributed by atoms with Crippen molar-refractivity contribution in [3.63, 3.8) is 0 Å². The summed E-state index contributed by atoms with van der Waals surface area (Å²) in [5, 5.41) is 19.1. The fourth-order valence-corrected chi connectivity index (χ4v) is 1.48. The van der Waals surface area contributed by atoms with Gasteiger partial charge in [0.2, 0.25) is 0 Å². The summed E-state index contributed by atoms with van der Waals surface area (Å²) >= 11 is 0. The third kappa shape index (κ3) is 4.04. The minimum absolute atomic E-state index is 0.0121. The quantitative estimate of drug-likeness (QED) is 0.621. The smallest absolute Gasteiger partial charge is 0.303 e. The van der Waals surface area contributed by atoms with Gasteiger partial charge >= 0.3 is 5.97 Å². The van der Waals surface area contributed by atoms with Crippen molar-refractivity contribution in [2.75, 3.05) is 0 Å². The first-order valence-corrected chi connectivity index (χ1v) is 5.53. The lowest BCUT2D eigenvalue weighted by molar-refractivity contribution is -0.384. The van der Waals surface area contributed by atoms with Crippen molar-refractivity contribution in [2.45, 2.75) is 32.8 Å². The Morgan fingerprint density at radius 2 is 2.22 bits per heavy atom. The number of aryl methyl sites for hydroxylation is 1. The molecule has 6 nitrogen and oxygen atoms in total. The number of benzene rings is 1. The number of nitrogens with zero attached hydrogens (tertiary/aromatic N) is 1.